The fourth-order valence-corrected chi connectivity index (χ4v) is 5.05. The Morgan fingerprint density at radius 2 is 1.70 bits per heavy atom. The molecule has 0 aliphatic carbocycles. The van der Waals surface area contributed by atoms with Gasteiger partial charge in [-0.05, 0) is 56.2 Å². The van der Waals surface area contributed by atoms with Gasteiger partial charge in [0.15, 0.2) is 11.5 Å². The van der Waals surface area contributed by atoms with Gasteiger partial charge in [0, 0.05) is 31.5 Å². The number of hydrogen-bond donors (Lipinski definition) is 0. The Balaban J connectivity index is 1.43. The van der Waals surface area contributed by atoms with E-state index in [4.69, 9.17) is 14.2 Å². The number of methoxy groups -OCH3 is 2. The summed E-state index contributed by atoms with van der Waals surface area (Å²) in [7, 11) is 3.22. The summed E-state index contributed by atoms with van der Waals surface area (Å²) in [6, 6.07) is 11.9. The van der Waals surface area contributed by atoms with Gasteiger partial charge in [0.2, 0.25) is 0 Å². The number of aromatic nitrogens is 1. The van der Waals surface area contributed by atoms with E-state index in [0.717, 1.165) is 40.4 Å². The summed E-state index contributed by atoms with van der Waals surface area (Å²) in [4.78, 5) is 20.5. The second kappa shape index (κ2) is 9.83. The molecule has 6 nitrogen and oxygen atoms in total. The summed E-state index contributed by atoms with van der Waals surface area (Å²) in [5, 5.41) is 0.796. The Labute approximate surface area is 199 Å². The quantitative estimate of drug-likeness (QED) is 0.484. The summed E-state index contributed by atoms with van der Waals surface area (Å²) < 4.78 is 17.0. The first-order chi connectivity index (χ1) is 15.9. The van der Waals surface area contributed by atoms with E-state index in [0.29, 0.717) is 29.5 Å². The van der Waals surface area contributed by atoms with Gasteiger partial charge in [-0.3, -0.25) is 4.79 Å². The topological polar surface area (TPSA) is 60.9 Å². The molecule has 7 heteroatoms. The molecule has 2 heterocycles. The lowest BCUT2D eigenvalue weighted by molar-refractivity contribution is 0.0598. The standard InChI is InChI=1S/C26H30N2O4S/c1-16-6-7-17(2)22(14-16)32-20-10-12-28(13-11-20)26(29)24-18(3)27-25(33-24)19-8-9-21(30-4)23(15-19)31-5/h6-9,14-15,20H,10-13H2,1-5H3. The van der Waals surface area contributed by atoms with Crippen LogP contribution in [-0.2, 0) is 0 Å². The molecule has 33 heavy (non-hydrogen) atoms. The summed E-state index contributed by atoms with van der Waals surface area (Å²) in [6.45, 7) is 7.39. The third-order valence-electron chi connectivity index (χ3n) is 5.99. The number of amides is 1. The van der Waals surface area contributed by atoms with Crippen molar-refractivity contribution < 1.29 is 19.0 Å². The molecule has 4 rings (SSSR count). The number of aryl methyl sites for hydroxylation is 3. The van der Waals surface area contributed by atoms with Crippen molar-refractivity contribution in [1.29, 1.82) is 0 Å². The third-order valence-corrected chi connectivity index (χ3v) is 7.18. The normalized spacial score (nSPS) is 14.3. The monoisotopic (exact) mass is 466 g/mol. The van der Waals surface area contributed by atoms with Crippen molar-refractivity contribution in [3.05, 3.63) is 58.1 Å². The molecule has 0 radical (unpaired) electrons. The molecule has 1 aliphatic rings. The van der Waals surface area contributed by atoms with Crippen LogP contribution >= 0.6 is 11.3 Å². The van der Waals surface area contributed by atoms with Gasteiger partial charge >= 0.3 is 0 Å². The van der Waals surface area contributed by atoms with Crippen LogP contribution in [0.1, 0.15) is 39.3 Å². The summed E-state index contributed by atoms with van der Waals surface area (Å²) in [5.74, 6) is 2.29. The molecule has 0 saturated carbocycles. The molecule has 0 N–H and O–H groups in total. The van der Waals surface area contributed by atoms with E-state index in [1.807, 2.05) is 30.0 Å². The number of nitrogens with zero attached hydrogens (tertiary/aromatic N) is 2. The zero-order valence-electron chi connectivity index (χ0n) is 19.8. The van der Waals surface area contributed by atoms with E-state index in [1.165, 1.54) is 16.9 Å². The number of rotatable bonds is 6. The second-order valence-corrected chi connectivity index (χ2v) is 9.38. The Hall–Kier alpha value is -3.06. The summed E-state index contributed by atoms with van der Waals surface area (Å²) in [6.07, 6.45) is 1.76. The molecule has 0 atom stereocenters. The predicted molar refractivity (Wildman–Crippen MR) is 131 cm³/mol. The van der Waals surface area contributed by atoms with E-state index in [9.17, 15) is 4.79 Å². The molecular formula is C26H30N2O4S. The molecule has 1 aliphatic heterocycles. The van der Waals surface area contributed by atoms with Crippen LogP contribution in [0, 0.1) is 20.8 Å². The van der Waals surface area contributed by atoms with Crippen molar-refractivity contribution in [3.8, 4) is 27.8 Å². The minimum Gasteiger partial charge on any atom is -0.493 e. The van der Waals surface area contributed by atoms with Gasteiger partial charge in [-0.1, -0.05) is 12.1 Å². The first-order valence-corrected chi connectivity index (χ1v) is 11.9. The van der Waals surface area contributed by atoms with Crippen molar-refractivity contribution in [1.82, 2.24) is 9.88 Å². The molecule has 3 aromatic rings. The zero-order chi connectivity index (χ0) is 23.5. The highest BCUT2D eigenvalue weighted by Gasteiger charge is 2.28. The van der Waals surface area contributed by atoms with E-state index in [-0.39, 0.29) is 12.0 Å². The molecule has 1 aromatic heterocycles. The molecule has 0 bridgehead atoms. The minimum atomic E-state index is 0.0434. The Morgan fingerprint density at radius 3 is 2.39 bits per heavy atom. The Morgan fingerprint density at radius 1 is 0.970 bits per heavy atom. The lowest BCUT2D eigenvalue weighted by atomic mass is 10.1. The first kappa shape index (κ1) is 23.1. The maximum Gasteiger partial charge on any atom is 0.265 e. The number of piperidine rings is 1. The van der Waals surface area contributed by atoms with Crippen molar-refractivity contribution in [3.63, 3.8) is 0 Å². The van der Waals surface area contributed by atoms with Crippen LogP contribution in [0.3, 0.4) is 0 Å². The second-order valence-electron chi connectivity index (χ2n) is 8.38. The van der Waals surface area contributed by atoms with Gasteiger partial charge in [0.05, 0.1) is 19.9 Å². The largest absolute Gasteiger partial charge is 0.493 e. The Kier molecular flexibility index (Phi) is 6.88. The highest BCUT2D eigenvalue weighted by molar-refractivity contribution is 7.17. The maximum atomic E-state index is 13.3. The van der Waals surface area contributed by atoms with E-state index in [2.05, 4.69) is 37.0 Å². The van der Waals surface area contributed by atoms with E-state index < -0.39 is 0 Å². The number of likely N-dealkylation sites (tertiary alicyclic amines) is 1. The fraction of sp³-hybridized carbons (Fsp3) is 0.385. The van der Waals surface area contributed by atoms with Crippen molar-refractivity contribution in [2.45, 2.75) is 39.7 Å². The average molecular weight is 467 g/mol. The van der Waals surface area contributed by atoms with Crippen LogP contribution in [0.4, 0.5) is 0 Å². The SMILES string of the molecule is COc1ccc(-c2nc(C)c(C(=O)N3CCC(Oc4cc(C)ccc4C)CC3)s2)cc1OC. The van der Waals surface area contributed by atoms with Crippen LogP contribution in [-0.4, -0.2) is 49.2 Å². The van der Waals surface area contributed by atoms with Gasteiger partial charge in [-0.15, -0.1) is 11.3 Å². The third kappa shape index (κ3) is 4.98. The Bertz CT molecular complexity index is 1150. The predicted octanol–water partition coefficient (Wildman–Crippen LogP) is 5.44. The number of benzene rings is 2. The maximum absolute atomic E-state index is 13.3. The number of thiazole rings is 1. The van der Waals surface area contributed by atoms with Crippen molar-refractivity contribution in [2.75, 3.05) is 27.3 Å². The summed E-state index contributed by atoms with van der Waals surface area (Å²) in [5.41, 5.74) is 3.99. The number of carbonyl (C=O) groups is 1. The number of ether oxygens (including phenoxy) is 3. The van der Waals surface area contributed by atoms with Crippen molar-refractivity contribution >= 4 is 17.2 Å². The molecule has 2 aromatic carbocycles. The highest BCUT2D eigenvalue weighted by atomic mass is 32.1. The average Bonchev–Trinajstić information content (AvgIpc) is 3.22. The molecular weight excluding hydrogens is 436 g/mol. The lowest BCUT2D eigenvalue weighted by Crippen LogP contribution is -2.41. The fourth-order valence-electron chi connectivity index (χ4n) is 4.02. The van der Waals surface area contributed by atoms with Gasteiger partial charge in [-0.2, -0.15) is 0 Å². The van der Waals surface area contributed by atoms with Gasteiger partial charge < -0.3 is 19.1 Å². The number of carbonyl (C=O) groups excluding carboxylic acids is 1. The molecule has 1 amide bonds. The van der Waals surface area contributed by atoms with E-state index >= 15 is 0 Å². The van der Waals surface area contributed by atoms with Gasteiger partial charge in [-0.25, -0.2) is 4.98 Å². The van der Waals surface area contributed by atoms with E-state index in [1.54, 1.807) is 14.2 Å². The van der Waals surface area contributed by atoms with Crippen LogP contribution in [0.5, 0.6) is 17.2 Å². The van der Waals surface area contributed by atoms with Crippen LogP contribution < -0.4 is 14.2 Å². The minimum absolute atomic E-state index is 0.0434. The molecule has 174 valence electrons. The van der Waals surface area contributed by atoms with Gasteiger partial charge in [0.1, 0.15) is 21.7 Å². The smallest absolute Gasteiger partial charge is 0.265 e. The first-order valence-electron chi connectivity index (χ1n) is 11.1. The zero-order valence-corrected chi connectivity index (χ0v) is 20.6. The summed E-state index contributed by atoms with van der Waals surface area (Å²) >= 11 is 1.42. The molecule has 1 fully saturated rings. The number of hydrogen-bond acceptors (Lipinski definition) is 6. The molecule has 1 saturated heterocycles. The highest BCUT2D eigenvalue weighted by Crippen LogP contribution is 2.35. The molecule has 0 unspecified atom stereocenters. The van der Waals surface area contributed by atoms with Crippen molar-refractivity contribution in [2.24, 2.45) is 0 Å². The molecule has 0 spiro atoms. The lowest BCUT2D eigenvalue weighted by Gasteiger charge is -2.32. The van der Waals surface area contributed by atoms with Crippen LogP contribution in [0.2, 0.25) is 0 Å². The van der Waals surface area contributed by atoms with Crippen LogP contribution in [0.15, 0.2) is 36.4 Å². The van der Waals surface area contributed by atoms with Crippen LogP contribution in [0.25, 0.3) is 10.6 Å². The van der Waals surface area contributed by atoms with Gasteiger partial charge in [0.25, 0.3) is 5.91 Å².